The third kappa shape index (κ3) is 5.01. The highest BCUT2D eigenvalue weighted by molar-refractivity contribution is 5.36. The van der Waals surface area contributed by atoms with Crippen LogP contribution in [0.1, 0.15) is 57.6 Å². The first kappa shape index (κ1) is 17.3. The molecular formula is C20H32O2. The third-order valence-corrected chi connectivity index (χ3v) is 4.78. The molecule has 22 heavy (non-hydrogen) atoms. The molecule has 1 aliphatic carbocycles. The maximum atomic E-state index is 5.91. The molecule has 0 saturated heterocycles. The van der Waals surface area contributed by atoms with E-state index in [1.165, 1.54) is 43.2 Å². The molecule has 0 bridgehead atoms. The minimum atomic E-state index is 0.489. The molecule has 0 aliphatic heterocycles. The molecule has 0 radical (unpaired) electrons. The van der Waals surface area contributed by atoms with E-state index in [2.05, 4.69) is 39.0 Å². The summed E-state index contributed by atoms with van der Waals surface area (Å²) in [5.74, 6) is 2.40. The Morgan fingerprint density at radius 3 is 2.41 bits per heavy atom. The zero-order chi connectivity index (χ0) is 15.9. The first-order valence-corrected chi connectivity index (χ1v) is 8.89. The number of ether oxygens (including phenoxy) is 2. The number of benzene rings is 1. The standard InChI is InChI=1S/C20H32O2/c1-5-17-8-11-20(22-14-15(2)3)13-18(17)12-16-6-9-19(21-4)10-7-16/h8,11,13,15-16,19H,5-7,9-10,12,14H2,1-4H3. The van der Waals surface area contributed by atoms with E-state index in [1.807, 2.05) is 7.11 Å². The molecule has 2 nitrogen and oxygen atoms in total. The monoisotopic (exact) mass is 304 g/mol. The van der Waals surface area contributed by atoms with E-state index in [9.17, 15) is 0 Å². The highest BCUT2D eigenvalue weighted by atomic mass is 16.5. The largest absolute Gasteiger partial charge is 0.493 e. The Balaban J connectivity index is 2.00. The summed E-state index contributed by atoms with van der Waals surface area (Å²) in [4.78, 5) is 0. The van der Waals surface area contributed by atoms with Gasteiger partial charge < -0.3 is 9.47 Å². The lowest BCUT2D eigenvalue weighted by Gasteiger charge is -2.28. The molecule has 2 rings (SSSR count). The van der Waals surface area contributed by atoms with Crippen molar-refractivity contribution in [3.8, 4) is 5.75 Å². The van der Waals surface area contributed by atoms with Gasteiger partial charge in [0.2, 0.25) is 0 Å². The van der Waals surface area contributed by atoms with Crippen molar-refractivity contribution >= 4 is 0 Å². The van der Waals surface area contributed by atoms with Gasteiger partial charge in [-0.25, -0.2) is 0 Å². The Morgan fingerprint density at radius 1 is 1.09 bits per heavy atom. The summed E-state index contributed by atoms with van der Waals surface area (Å²) in [6.45, 7) is 7.42. The molecule has 124 valence electrons. The summed E-state index contributed by atoms with van der Waals surface area (Å²) in [5, 5.41) is 0. The van der Waals surface area contributed by atoms with Gasteiger partial charge in [0.1, 0.15) is 5.75 Å². The van der Waals surface area contributed by atoms with Gasteiger partial charge in [-0.2, -0.15) is 0 Å². The fourth-order valence-corrected chi connectivity index (χ4v) is 3.37. The summed E-state index contributed by atoms with van der Waals surface area (Å²) < 4.78 is 11.4. The normalized spacial score (nSPS) is 22.0. The second kappa shape index (κ2) is 8.57. The molecule has 1 fully saturated rings. The average molecular weight is 304 g/mol. The van der Waals surface area contributed by atoms with E-state index in [0.29, 0.717) is 12.0 Å². The van der Waals surface area contributed by atoms with Crippen LogP contribution < -0.4 is 4.74 Å². The van der Waals surface area contributed by atoms with Crippen LogP contribution in [0, 0.1) is 11.8 Å². The highest BCUT2D eigenvalue weighted by Gasteiger charge is 2.21. The molecule has 0 amide bonds. The van der Waals surface area contributed by atoms with Gasteiger partial charge in [-0.3, -0.25) is 0 Å². The lowest BCUT2D eigenvalue weighted by atomic mass is 9.82. The Kier molecular flexibility index (Phi) is 6.75. The van der Waals surface area contributed by atoms with Crippen molar-refractivity contribution in [2.45, 2.75) is 65.4 Å². The van der Waals surface area contributed by atoms with E-state index in [-0.39, 0.29) is 0 Å². The van der Waals surface area contributed by atoms with E-state index in [1.54, 1.807) is 0 Å². The molecule has 0 heterocycles. The van der Waals surface area contributed by atoms with Gasteiger partial charge in [-0.15, -0.1) is 0 Å². The second-order valence-electron chi connectivity index (χ2n) is 7.07. The summed E-state index contributed by atoms with van der Waals surface area (Å²) >= 11 is 0. The topological polar surface area (TPSA) is 18.5 Å². The van der Waals surface area contributed by atoms with E-state index in [4.69, 9.17) is 9.47 Å². The van der Waals surface area contributed by atoms with Crippen molar-refractivity contribution in [1.82, 2.24) is 0 Å². The number of hydrogen-bond acceptors (Lipinski definition) is 2. The molecule has 0 aromatic heterocycles. The van der Waals surface area contributed by atoms with Crippen molar-refractivity contribution in [3.05, 3.63) is 29.3 Å². The Bertz CT molecular complexity index is 445. The summed E-state index contributed by atoms with van der Waals surface area (Å²) in [5.41, 5.74) is 2.97. The molecule has 0 N–H and O–H groups in total. The molecule has 2 heteroatoms. The Hall–Kier alpha value is -1.02. The number of aryl methyl sites for hydroxylation is 1. The summed E-state index contributed by atoms with van der Waals surface area (Å²) in [7, 11) is 1.84. The van der Waals surface area contributed by atoms with Gasteiger partial charge in [0.05, 0.1) is 12.7 Å². The quantitative estimate of drug-likeness (QED) is 0.703. The second-order valence-corrected chi connectivity index (χ2v) is 7.07. The number of hydrogen-bond donors (Lipinski definition) is 0. The summed E-state index contributed by atoms with van der Waals surface area (Å²) in [6, 6.07) is 6.67. The predicted octanol–water partition coefficient (Wildman–Crippen LogP) is 5.03. The predicted molar refractivity (Wildman–Crippen MR) is 92.6 cm³/mol. The lowest BCUT2D eigenvalue weighted by molar-refractivity contribution is 0.0568. The third-order valence-electron chi connectivity index (χ3n) is 4.78. The minimum Gasteiger partial charge on any atom is -0.493 e. The molecule has 1 aromatic rings. The summed E-state index contributed by atoms with van der Waals surface area (Å²) in [6.07, 6.45) is 7.80. The SMILES string of the molecule is CCc1ccc(OCC(C)C)cc1CC1CCC(OC)CC1. The van der Waals surface area contributed by atoms with Gasteiger partial charge in [-0.05, 0) is 73.6 Å². The van der Waals surface area contributed by atoms with Gasteiger partial charge in [0.25, 0.3) is 0 Å². The Morgan fingerprint density at radius 2 is 1.82 bits per heavy atom. The Labute approximate surface area is 136 Å². The van der Waals surface area contributed by atoms with Crippen LogP contribution in [0.15, 0.2) is 18.2 Å². The molecule has 1 saturated carbocycles. The van der Waals surface area contributed by atoms with Crippen LogP contribution in [0.2, 0.25) is 0 Å². The first-order chi connectivity index (χ1) is 10.6. The maximum Gasteiger partial charge on any atom is 0.119 e. The zero-order valence-corrected chi connectivity index (χ0v) is 14.7. The van der Waals surface area contributed by atoms with Gasteiger partial charge >= 0.3 is 0 Å². The molecule has 1 aromatic carbocycles. The van der Waals surface area contributed by atoms with Crippen LogP contribution >= 0.6 is 0 Å². The van der Waals surface area contributed by atoms with Gasteiger partial charge in [0.15, 0.2) is 0 Å². The molecular weight excluding hydrogens is 272 g/mol. The number of rotatable bonds is 7. The van der Waals surface area contributed by atoms with Crippen LogP contribution in [0.4, 0.5) is 0 Å². The van der Waals surface area contributed by atoms with E-state index < -0.39 is 0 Å². The van der Waals surface area contributed by atoms with Crippen molar-refractivity contribution in [3.63, 3.8) is 0 Å². The lowest BCUT2D eigenvalue weighted by Crippen LogP contribution is -2.21. The van der Waals surface area contributed by atoms with Crippen molar-refractivity contribution in [2.24, 2.45) is 11.8 Å². The van der Waals surface area contributed by atoms with Crippen molar-refractivity contribution < 1.29 is 9.47 Å². The zero-order valence-electron chi connectivity index (χ0n) is 14.7. The molecule has 0 atom stereocenters. The maximum absolute atomic E-state index is 5.91. The van der Waals surface area contributed by atoms with Gasteiger partial charge in [0, 0.05) is 7.11 Å². The smallest absolute Gasteiger partial charge is 0.119 e. The molecule has 1 aliphatic rings. The fourth-order valence-electron chi connectivity index (χ4n) is 3.37. The highest BCUT2D eigenvalue weighted by Crippen LogP contribution is 2.31. The fraction of sp³-hybridized carbons (Fsp3) is 0.700. The first-order valence-electron chi connectivity index (χ1n) is 8.89. The average Bonchev–Trinajstić information content (AvgIpc) is 2.54. The van der Waals surface area contributed by atoms with Crippen LogP contribution in [0.5, 0.6) is 5.75 Å². The van der Waals surface area contributed by atoms with Crippen LogP contribution in [-0.4, -0.2) is 19.8 Å². The number of methoxy groups -OCH3 is 1. The van der Waals surface area contributed by atoms with Crippen molar-refractivity contribution in [2.75, 3.05) is 13.7 Å². The van der Waals surface area contributed by atoms with Crippen LogP contribution in [0.3, 0.4) is 0 Å². The van der Waals surface area contributed by atoms with Crippen LogP contribution in [0.25, 0.3) is 0 Å². The van der Waals surface area contributed by atoms with E-state index >= 15 is 0 Å². The van der Waals surface area contributed by atoms with Crippen molar-refractivity contribution in [1.29, 1.82) is 0 Å². The molecule has 0 unspecified atom stereocenters. The van der Waals surface area contributed by atoms with E-state index in [0.717, 1.165) is 24.7 Å². The van der Waals surface area contributed by atoms with Crippen LogP contribution in [-0.2, 0) is 17.6 Å². The minimum absolute atomic E-state index is 0.489. The van der Waals surface area contributed by atoms with Gasteiger partial charge in [-0.1, -0.05) is 26.8 Å². The molecule has 0 spiro atoms.